The van der Waals surface area contributed by atoms with Crippen molar-refractivity contribution in [3.05, 3.63) is 235 Å². The van der Waals surface area contributed by atoms with Gasteiger partial charge in [-0.25, -0.2) is 4.98 Å². The van der Waals surface area contributed by atoms with Crippen molar-refractivity contribution in [3.8, 4) is 78.4 Å². The summed E-state index contributed by atoms with van der Waals surface area (Å²) in [4.78, 5) is 17.9. The molecule has 0 radical (unpaired) electrons. The first-order chi connectivity index (χ1) is 34.9. The minimum absolute atomic E-state index is 0.160. The SMILES string of the molecule is CC1(C)c2cc(-c3cccc4c3[nH]c3c5ccccc5c5ccccc5c43)ccc2-c2c1c(-c1cccc(-c3ccc(-c4nc(Cl)nc(-c5ccc(-c6ccccc6)cc5)n4)cc3)c1)cc1ccccc21. The quantitative estimate of drug-likeness (QED) is 0.169. The number of H-pyrrole nitrogens is 1. The lowest BCUT2D eigenvalue weighted by atomic mass is 9.77. The Kier molecular flexibility index (Phi) is 9.26. The maximum Gasteiger partial charge on any atom is 0.226 e. The van der Waals surface area contributed by atoms with Gasteiger partial charge in [0.05, 0.1) is 11.0 Å². The largest absolute Gasteiger partial charge is 0.353 e. The predicted molar refractivity (Wildman–Crippen MR) is 297 cm³/mol. The van der Waals surface area contributed by atoms with Gasteiger partial charge in [0.15, 0.2) is 11.6 Å². The molecule has 0 aliphatic heterocycles. The van der Waals surface area contributed by atoms with E-state index < -0.39 is 0 Å². The van der Waals surface area contributed by atoms with Crippen LogP contribution in [0.25, 0.3) is 133 Å². The lowest BCUT2D eigenvalue weighted by molar-refractivity contribution is 0.663. The summed E-state index contributed by atoms with van der Waals surface area (Å²) in [6, 6.07) is 78.8. The minimum atomic E-state index is -0.299. The molecule has 4 nitrogen and oxygen atoms in total. The molecule has 1 aliphatic carbocycles. The topological polar surface area (TPSA) is 54.5 Å². The second kappa shape index (κ2) is 15.9. The van der Waals surface area contributed by atoms with Gasteiger partial charge in [-0.1, -0.05) is 214 Å². The Hall–Kier alpha value is -8.70. The zero-order valence-corrected chi connectivity index (χ0v) is 39.8. The van der Waals surface area contributed by atoms with Crippen LogP contribution in [0.4, 0.5) is 0 Å². The molecule has 0 fully saturated rings. The van der Waals surface area contributed by atoms with E-state index in [9.17, 15) is 0 Å². The Morgan fingerprint density at radius 1 is 0.366 bits per heavy atom. The molecule has 0 saturated heterocycles. The number of nitrogens with zero attached hydrogens (tertiary/aromatic N) is 3. The highest BCUT2D eigenvalue weighted by Gasteiger charge is 2.39. The standard InChI is InChI=1S/C66H43ClN4/c1-66(2)57-38-47(49-24-13-25-55-59-52-22-10-8-20-50(52)51-21-9-11-23-53(51)62(59)68-61(49)55)34-35-54(57)58-48-19-7-6-16-46(48)37-56(60(58)66)45-18-12-17-44(36-45)41-28-32-43(33-29-41)64-69-63(70-65(67)71-64)42-30-26-40(27-31-42)39-14-4-3-5-15-39/h3-38,68H,1-2H3. The van der Waals surface area contributed by atoms with Crippen molar-refractivity contribution >= 4 is 65.7 Å². The molecule has 0 saturated carbocycles. The van der Waals surface area contributed by atoms with E-state index in [1.165, 1.54) is 98.6 Å². The molecule has 13 aromatic rings. The number of fused-ring (bicyclic) bond motifs is 13. The number of aromatic nitrogens is 4. The summed E-state index contributed by atoms with van der Waals surface area (Å²) in [5.74, 6) is 1.07. The molecule has 5 heteroatoms. The summed E-state index contributed by atoms with van der Waals surface area (Å²) in [5, 5.41) is 10.3. The average molecular weight is 928 g/mol. The van der Waals surface area contributed by atoms with Crippen LogP contribution in [0.15, 0.2) is 218 Å². The normalized spacial score (nSPS) is 12.8. The Bertz CT molecular complexity index is 4300. The van der Waals surface area contributed by atoms with Crippen molar-refractivity contribution in [2.45, 2.75) is 19.3 Å². The molecule has 0 unspecified atom stereocenters. The Morgan fingerprint density at radius 2 is 0.887 bits per heavy atom. The molecular weight excluding hydrogens is 884 g/mol. The van der Waals surface area contributed by atoms with E-state index in [1.807, 2.05) is 30.3 Å². The van der Waals surface area contributed by atoms with Crippen LogP contribution in [0.5, 0.6) is 0 Å². The van der Waals surface area contributed by atoms with E-state index in [0.717, 1.165) is 33.4 Å². The van der Waals surface area contributed by atoms with Gasteiger partial charge in [-0.05, 0) is 118 Å². The number of benzene rings is 11. The smallest absolute Gasteiger partial charge is 0.226 e. The fourth-order valence-electron chi connectivity index (χ4n) is 11.6. The Balaban J connectivity index is 0.833. The van der Waals surface area contributed by atoms with Crippen LogP contribution in [0.1, 0.15) is 25.0 Å². The van der Waals surface area contributed by atoms with Gasteiger partial charge < -0.3 is 4.98 Å². The maximum atomic E-state index is 6.55. The highest BCUT2D eigenvalue weighted by Crippen LogP contribution is 2.56. The highest BCUT2D eigenvalue weighted by atomic mass is 35.5. The van der Waals surface area contributed by atoms with Gasteiger partial charge in [0.1, 0.15) is 0 Å². The lowest BCUT2D eigenvalue weighted by Gasteiger charge is -2.26. The van der Waals surface area contributed by atoms with Crippen LogP contribution in [-0.4, -0.2) is 19.9 Å². The van der Waals surface area contributed by atoms with Gasteiger partial charge in [-0.15, -0.1) is 0 Å². The zero-order chi connectivity index (χ0) is 47.4. The number of halogens is 1. The molecule has 0 atom stereocenters. The highest BCUT2D eigenvalue weighted by molar-refractivity contribution is 6.32. The summed E-state index contributed by atoms with van der Waals surface area (Å²) in [5.41, 5.74) is 18.5. The van der Waals surface area contributed by atoms with Crippen LogP contribution in [0.2, 0.25) is 5.28 Å². The summed E-state index contributed by atoms with van der Waals surface area (Å²) in [6.07, 6.45) is 0. The number of hydrogen-bond acceptors (Lipinski definition) is 3. The van der Waals surface area contributed by atoms with Crippen LogP contribution in [0.3, 0.4) is 0 Å². The number of para-hydroxylation sites is 1. The second-order valence-corrected chi connectivity index (χ2v) is 19.7. The number of aromatic amines is 1. The lowest BCUT2D eigenvalue weighted by Crippen LogP contribution is -2.16. The molecular formula is C66H43ClN4. The summed E-state index contributed by atoms with van der Waals surface area (Å²) in [6.45, 7) is 4.81. The Morgan fingerprint density at radius 3 is 1.62 bits per heavy atom. The molecule has 2 aromatic heterocycles. The van der Waals surface area contributed by atoms with E-state index in [-0.39, 0.29) is 10.7 Å². The fraction of sp³-hybridized carbons (Fsp3) is 0.0455. The van der Waals surface area contributed by atoms with Crippen molar-refractivity contribution in [3.63, 3.8) is 0 Å². The third kappa shape index (κ3) is 6.56. The minimum Gasteiger partial charge on any atom is -0.353 e. The van der Waals surface area contributed by atoms with Gasteiger partial charge in [0.2, 0.25) is 5.28 Å². The first-order valence-corrected chi connectivity index (χ1v) is 24.6. The summed E-state index contributed by atoms with van der Waals surface area (Å²) < 4.78 is 0. The van der Waals surface area contributed by atoms with Crippen LogP contribution >= 0.6 is 11.6 Å². The first kappa shape index (κ1) is 41.3. The van der Waals surface area contributed by atoms with E-state index >= 15 is 0 Å². The third-order valence-electron chi connectivity index (χ3n) is 15.0. The van der Waals surface area contributed by atoms with Crippen LogP contribution < -0.4 is 0 Å². The van der Waals surface area contributed by atoms with Crippen molar-refractivity contribution in [1.29, 1.82) is 0 Å². The Labute approximate surface area is 415 Å². The first-order valence-electron chi connectivity index (χ1n) is 24.2. The second-order valence-electron chi connectivity index (χ2n) is 19.3. The van der Waals surface area contributed by atoms with Crippen molar-refractivity contribution in [2.75, 3.05) is 0 Å². The molecule has 1 aliphatic rings. The third-order valence-corrected chi connectivity index (χ3v) is 15.1. The van der Waals surface area contributed by atoms with Gasteiger partial charge in [-0.2, -0.15) is 9.97 Å². The predicted octanol–water partition coefficient (Wildman–Crippen LogP) is 17.9. The molecule has 1 N–H and O–H groups in total. The van der Waals surface area contributed by atoms with E-state index in [2.05, 4.69) is 217 Å². The molecule has 0 bridgehead atoms. The molecule has 2 heterocycles. The van der Waals surface area contributed by atoms with Gasteiger partial charge >= 0.3 is 0 Å². The number of nitrogens with one attached hydrogen (secondary N) is 1. The van der Waals surface area contributed by atoms with E-state index in [0.29, 0.717) is 11.6 Å². The van der Waals surface area contributed by atoms with E-state index in [1.54, 1.807) is 0 Å². The van der Waals surface area contributed by atoms with E-state index in [4.69, 9.17) is 16.6 Å². The van der Waals surface area contributed by atoms with Crippen molar-refractivity contribution in [2.24, 2.45) is 0 Å². The molecule has 334 valence electrons. The fourth-order valence-corrected chi connectivity index (χ4v) is 11.8. The number of hydrogen-bond donors (Lipinski definition) is 1. The van der Waals surface area contributed by atoms with Gasteiger partial charge in [0, 0.05) is 38.3 Å². The monoisotopic (exact) mass is 926 g/mol. The molecule has 14 rings (SSSR count). The molecule has 0 spiro atoms. The van der Waals surface area contributed by atoms with Gasteiger partial charge in [0.25, 0.3) is 0 Å². The molecule has 71 heavy (non-hydrogen) atoms. The van der Waals surface area contributed by atoms with Crippen LogP contribution in [0, 0.1) is 0 Å². The summed E-state index contributed by atoms with van der Waals surface area (Å²) in [7, 11) is 0. The molecule has 11 aromatic carbocycles. The average Bonchev–Trinajstić information content (AvgIpc) is 3.94. The maximum absolute atomic E-state index is 6.55. The number of rotatable bonds is 6. The van der Waals surface area contributed by atoms with Gasteiger partial charge in [-0.3, -0.25) is 0 Å². The van der Waals surface area contributed by atoms with Crippen molar-refractivity contribution in [1.82, 2.24) is 19.9 Å². The zero-order valence-electron chi connectivity index (χ0n) is 39.0. The van der Waals surface area contributed by atoms with Crippen LogP contribution in [-0.2, 0) is 5.41 Å². The molecule has 0 amide bonds. The summed E-state index contributed by atoms with van der Waals surface area (Å²) >= 11 is 6.55. The van der Waals surface area contributed by atoms with Crippen molar-refractivity contribution < 1.29 is 0 Å².